The summed E-state index contributed by atoms with van der Waals surface area (Å²) in [6.07, 6.45) is 0. The first-order valence-corrected chi connectivity index (χ1v) is 7.28. The smallest absolute Gasteiger partial charge is 0.251 e. The maximum absolute atomic E-state index is 12.4. The third-order valence-corrected chi connectivity index (χ3v) is 4.38. The van der Waals surface area contributed by atoms with Crippen molar-refractivity contribution in [1.82, 2.24) is 5.32 Å². The van der Waals surface area contributed by atoms with Gasteiger partial charge in [0, 0.05) is 12.1 Å². The second kappa shape index (κ2) is 5.61. The Morgan fingerprint density at radius 3 is 2.80 bits per heavy atom. The standard InChI is InChI=1S/C14H19BrN2O3/c1-8(2)14(3,6-16)17-13(18)9-4-10(15)12-11(5-9)19-7-20-12/h4-5,8H,6-7,16H2,1-3H3,(H,17,18). The monoisotopic (exact) mass is 342 g/mol. The minimum Gasteiger partial charge on any atom is -0.454 e. The molecule has 0 aromatic heterocycles. The van der Waals surface area contributed by atoms with Crippen molar-refractivity contribution in [3.63, 3.8) is 0 Å². The lowest BCUT2D eigenvalue weighted by molar-refractivity contribution is 0.0882. The average Bonchev–Trinajstić information content (AvgIpc) is 2.87. The molecule has 1 amide bonds. The topological polar surface area (TPSA) is 73.6 Å². The first-order valence-electron chi connectivity index (χ1n) is 6.49. The van der Waals surface area contributed by atoms with Gasteiger partial charge in [-0.25, -0.2) is 0 Å². The van der Waals surface area contributed by atoms with Gasteiger partial charge in [0.1, 0.15) is 0 Å². The van der Waals surface area contributed by atoms with Gasteiger partial charge in [0.15, 0.2) is 11.5 Å². The third-order valence-electron chi connectivity index (χ3n) is 3.79. The number of nitrogens with one attached hydrogen (secondary N) is 1. The number of carbonyl (C=O) groups excluding carboxylic acids is 1. The molecule has 0 fully saturated rings. The number of benzene rings is 1. The number of carbonyl (C=O) groups is 1. The van der Waals surface area contributed by atoms with Gasteiger partial charge in [-0.3, -0.25) is 4.79 Å². The molecule has 110 valence electrons. The number of hydrogen-bond acceptors (Lipinski definition) is 4. The van der Waals surface area contributed by atoms with Crippen LogP contribution in [0.15, 0.2) is 16.6 Å². The highest BCUT2D eigenvalue weighted by Gasteiger charge is 2.30. The number of ether oxygens (including phenoxy) is 2. The van der Waals surface area contributed by atoms with E-state index in [1.165, 1.54) is 0 Å². The van der Waals surface area contributed by atoms with Gasteiger partial charge in [-0.05, 0) is 40.9 Å². The zero-order chi connectivity index (χ0) is 14.9. The second-order valence-corrected chi connectivity index (χ2v) is 6.28. The van der Waals surface area contributed by atoms with Crippen LogP contribution < -0.4 is 20.5 Å². The van der Waals surface area contributed by atoms with E-state index in [0.29, 0.717) is 28.1 Å². The number of rotatable bonds is 4. The number of fused-ring (bicyclic) bond motifs is 1. The van der Waals surface area contributed by atoms with Crippen molar-refractivity contribution in [1.29, 1.82) is 0 Å². The Bertz CT molecular complexity index is 533. The lowest BCUT2D eigenvalue weighted by Crippen LogP contribution is -2.55. The van der Waals surface area contributed by atoms with Crippen molar-refractivity contribution in [2.75, 3.05) is 13.3 Å². The molecule has 1 aliphatic rings. The Kier molecular flexibility index (Phi) is 4.25. The van der Waals surface area contributed by atoms with E-state index >= 15 is 0 Å². The fourth-order valence-electron chi connectivity index (χ4n) is 1.86. The Morgan fingerprint density at radius 1 is 1.50 bits per heavy atom. The van der Waals surface area contributed by atoms with Gasteiger partial charge in [0.2, 0.25) is 6.79 Å². The third kappa shape index (κ3) is 2.76. The Balaban J connectivity index is 2.24. The van der Waals surface area contributed by atoms with Crippen LogP contribution in [0.5, 0.6) is 11.5 Å². The van der Waals surface area contributed by atoms with Crippen molar-refractivity contribution in [2.45, 2.75) is 26.3 Å². The lowest BCUT2D eigenvalue weighted by atomic mass is 9.88. The molecule has 0 bridgehead atoms. The minimum absolute atomic E-state index is 0.172. The molecule has 1 aliphatic heterocycles. The van der Waals surface area contributed by atoms with Crippen LogP contribution in [0, 0.1) is 5.92 Å². The Labute approximate surface area is 126 Å². The Morgan fingerprint density at radius 2 is 2.20 bits per heavy atom. The van der Waals surface area contributed by atoms with E-state index in [0.717, 1.165) is 0 Å². The minimum atomic E-state index is -0.445. The molecule has 0 radical (unpaired) electrons. The maximum atomic E-state index is 12.4. The zero-order valence-corrected chi connectivity index (χ0v) is 13.4. The maximum Gasteiger partial charge on any atom is 0.251 e. The molecule has 1 aromatic carbocycles. The molecule has 1 atom stereocenters. The molecule has 0 saturated carbocycles. The predicted molar refractivity (Wildman–Crippen MR) is 80.0 cm³/mol. The van der Waals surface area contributed by atoms with Gasteiger partial charge in [-0.15, -0.1) is 0 Å². The molecule has 1 unspecified atom stereocenters. The summed E-state index contributed by atoms with van der Waals surface area (Å²) in [5.74, 6) is 1.26. The molecule has 6 heteroatoms. The summed E-state index contributed by atoms with van der Waals surface area (Å²) in [4.78, 5) is 12.4. The van der Waals surface area contributed by atoms with Crippen LogP contribution >= 0.6 is 15.9 Å². The molecule has 1 heterocycles. The first kappa shape index (κ1) is 15.1. The van der Waals surface area contributed by atoms with Crippen LogP contribution in [0.4, 0.5) is 0 Å². The zero-order valence-electron chi connectivity index (χ0n) is 11.8. The summed E-state index contributed by atoms with van der Waals surface area (Å²) >= 11 is 3.38. The van der Waals surface area contributed by atoms with Gasteiger partial charge >= 0.3 is 0 Å². The summed E-state index contributed by atoms with van der Waals surface area (Å²) in [6, 6.07) is 3.40. The molecular weight excluding hydrogens is 324 g/mol. The molecule has 5 nitrogen and oxygen atoms in total. The fraction of sp³-hybridized carbons (Fsp3) is 0.500. The summed E-state index contributed by atoms with van der Waals surface area (Å²) in [7, 11) is 0. The van der Waals surface area contributed by atoms with E-state index in [2.05, 4.69) is 21.2 Å². The van der Waals surface area contributed by atoms with E-state index < -0.39 is 5.54 Å². The summed E-state index contributed by atoms with van der Waals surface area (Å²) in [5.41, 5.74) is 5.86. The van der Waals surface area contributed by atoms with Crippen LogP contribution in [-0.2, 0) is 0 Å². The van der Waals surface area contributed by atoms with Gasteiger partial charge in [-0.1, -0.05) is 13.8 Å². The van der Waals surface area contributed by atoms with Crippen molar-refractivity contribution < 1.29 is 14.3 Å². The first-order chi connectivity index (χ1) is 9.37. The molecule has 20 heavy (non-hydrogen) atoms. The van der Waals surface area contributed by atoms with Crippen LogP contribution in [0.1, 0.15) is 31.1 Å². The number of halogens is 1. The second-order valence-electron chi connectivity index (χ2n) is 5.42. The van der Waals surface area contributed by atoms with Crippen molar-refractivity contribution in [2.24, 2.45) is 11.7 Å². The van der Waals surface area contributed by atoms with Crippen molar-refractivity contribution >= 4 is 21.8 Å². The molecule has 0 saturated heterocycles. The van der Waals surface area contributed by atoms with Crippen molar-refractivity contribution in [3.8, 4) is 11.5 Å². The van der Waals surface area contributed by atoms with Gasteiger partial charge in [-0.2, -0.15) is 0 Å². The highest BCUT2D eigenvalue weighted by atomic mass is 79.9. The molecular formula is C14H19BrN2O3. The fourth-order valence-corrected chi connectivity index (χ4v) is 2.42. The van der Waals surface area contributed by atoms with Crippen molar-refractivity contribution in [3.05, 3.63) is 22.2 Å². The molecule has 0 spiro atoms. The predicted octanol–water partition coefficient (Wildman–Crippen LogP) is 2.28. The van der Waals surface area contributed by atoms with E-state index in [4.69, 9.17) is 15.2 Å². The number of amides is 1. The Hall–Kier alpha value is -1.27. The normalized spacial score (nSPS) is 16.1. The lowest BCUT2D eigenvalue weighted by Gasteiger charge is -2.33. The SMILES string of the molecule is CC(C)C(C)(CN)NC(=O)c1cc(Br)c2c(c1)OCO2. The number of hydrogen-bond donors (Lipinski definition) is 2. The average molecular weight is 343 g/mol. The van der Waals surface area contributed by atoms with E-state index in [9.17, 15) is 4.79 Å². The van der Waals surface area contributed by atoms with Crippen LogP contribution in [0.3, 0.4) is 0 Å². The van der Waals surface area contributed by atoms with E-state index in [1.807, 2.05) is 20.8 Å². The van der Waals surface area contributed by atoms with Crippen LogP contribution in [0.2, 0.25) is 0 Å². The quantitative estimate of drug-likeness (QED) is 0.880. The van der Waals surface area contributed by atoms with E-state index in [1.54, 1.807) is 12.1 Å². The van der Waals surface area contributed by atoms with Crippen LogP contribution in [-0.4, -0.2) is 24.8 Å². The van der Waals surface area contributed by atoms with Gasteiger partial charge in [0.25, 0.3) is 5.91 Å². The highest BCUT2D eigenvalue weighted by Crippen LogP contribution is 2.40. The summed E-state index contributed by atoms with van der Waals surface area (Å²) in [5, 5.41) is 3.00. The van der Waals surface area contributed by atoms with E-state index in [-0.39, 0.29) is 18.6 Å². The number of nitrogens with two attached hydrogens (primary N) is 1. The molecule has 1 aromatic rings. The molecule has 0 aliphatic carbocycles. The largest absolute Gasteiger partial charge is 0.454 e. The summed E-state index contributed by atoms with van der Waals surface area (Å²) < 4.78 is 11.3. The van der Waals surface area contributed by atoms with Crippen LogP contribution in [0.25, 0.3) is 0 Å². The van der Waals surface area contributed by atoms with Gasteiger partial charge in [0.05, 0.1) is 10.0 Å². The highest BCUT2D eigenvalue weighted by molar-refractivity contribution is 9.10. The molecule has 2 rings (SSSR count). The summed E-state index contributed by atoms with van der Waals surface area (Å²) in [6.45, 7) is 6.55. The molecule has 3 N–H and O–H groups in total. The van der Waals surface area contributed by atoms with Gasteiger partial charge < -0.3 is 20.5 Å².